The summed E-state index contributed by atoms with van der Waals surface area (Å²) in [5.41, 5.74) is 0. The molecule has 0 rings (SSSR count). The molecule has 0 amide bonds. The van der Waals surface area contributed by atoms with Crippen LogP contribution in [0.3, 0.4) is 0 Å². The standard InChI is InChI=1S/C69H126O6/c1-4-7-10-13-16-19-22-25-28-31-34-37-40-43-46-49-52-55-58-61-67(70)73-64-66(75-69(72)63-60-57-54-51-48-45-42-39-36-33-30-27-24-21-18-15-12-9-6-3)65-74-68(71)62-59-56-53-50-47-44-41-38-35-32-29-26-23-20-17-14-11-8-5-2/h16,19,25-30,66H,4-15,17-18,20-24,31-65H2,1-3H3/b19-16-,28-25-,29-26-,30-27-/t66-/m0/s1. The van der Waals surface area contributed by atoms with Gasteiger partial charge in [0.1, 0.15) is 13.2 Å². The summed E-state index contributed by atoms with van der Waals surface area (Å²) >= 11 is 0. The van der Waals surface area contributed by atoms with Gasteiger partial charge in [-0.1, -0.05) is 281 Å². The number of esters is 3. The van der Waals surface area contributed by atoms with Crippen LogP contribution >= 0.6 is 0 Å². The lowest BCUT2D eigenvalue weighted by Gasteiger charge is -2.18. The van der Waals surface area contributed by atoms with Crippen molar-refractivity contribution in [1.29, 1.82) is 0 Å². The van der Waals surface area contributed by atoms with Crippen molar-refractivity contribution in [3.05, 3.63) is 48.6 Å². The lowest BCUT2D eigenvalue weighted by atomic mass is 10.1. The molecule has 0 N–H and O–H groups in total. The maximum Gasteiger partial charge on any atom is 0.306 e. The fourth-order valence-electron chi connectivity index (χ4n) is 9.76. The van der Waals surface area contributed by atoms with Gasteiger partial charge in [0.15, 0.2) is 6.10 Å². The molecular weight excluding hydrogens is 925 g/mol. The van der Waals surface area contributed by atoms with E-state index in [9.17, 15) is 14.4 Å². The minimum atomic E-state index is -0.777. The van der Waals surface area contributed by atoms with E-state index >= 15 is 0 Å². The molecule has 0 aromatic carbocycles. The Morgan fingerprint density at radius 1 is 0.267 bits per heavy atom. The molecule has 0 bridgehead atoms. The fraction of sp³-hybridized carbons (Fsp3) is 0.841. The van der Waals surface area contributed by atoms with Gasteiger partial charge in [-0.2, -0.15) is 0 Å². The highest BCUT2D eigenvalue weighted by Crippen LogP contribution is 2.17. The van der Waals surface area contributed by atoms with Crippen LogP contribution in [-0.4, -0.2) is 37.2 Å². The second-order valence-electron chi connectivity index (χ2n) is 22.4. The number of allylic oxidation sites excluding steroid dienone is 8. The third-order valence-electron chi connectivity index (χ3n) is 14.8. The summed E-state index contributed by atoms with van der Waals surface area (Å²) in [5, 5.41) is 0. The van der Waals surface area contributed by atoms with Crippen LogP contribution in [0.5, 0.6) is 0 Å². The van der Waals surface area contributed by atoms with Crippen molar-refractivity contribution in [3.63, 3.8) is 0 Å². The molecule has 0 heterocycles. The zero-order valence-corrected chi connectivity index (χ0v) is 50.3. The number of rotatable bonds is 61. The largest absolute Gasteiger partial charge is 0.462 e. The zero-order valence-electron chi connectivity index (χ0n) is 50.3. The predicted molar refractivity (Wildman–Crippen MR) is 325 cm³/mol. The monoisotopic (exact) mass is 1050 g/mol. The molecule has 0 aromatic rings. The zero-order chi connectivity index (χ0) is 54.3. The summed E-state index contributed by atoms with van der Waals surface area (Å²) in [7, 11) is 0. The summed E-state index contributed by atoms with van der Waals surface area (Å²) in [5.74, 6) is -0.860. The second kappa shape index (κ2) is 63.9. The fourth-order valence-corrected chi connectivity index (χ4v) is 9.76. The normalized spacial score (nSPS) is 12.3. The van der Waals surface area contributed by atoms with Crippen molar-refractivity contribution in [2.24, 2.45) is 0 Å². The van der Waals surface area contributed by atoms with E-state index in [4.69, 9.17) is 14.2 Å². The molecule has 0 saturated heterocycles. The first-order chi connectivity index (χ1) is 37.0. The topological polar surface area (TPSA) is 78.9 Å². The maximum absolute atomic E-state index is 12.9. The van der Waals surface area contributed by atoms with E-state index in [-0.39, 0.29) is 31.1 Å². The van der Waals surface area contributed by atoms with Gasteiger partial charge < -0.3 is 14.2 Å². The molecule has 0 spiro atoms. The second-order valence-corrected chi connectivity index (χ2v) is 22.4. The maximum atomic E-state index is 12.9. The van der Waals surface area contributed by atoms with E-state index < -0.39 is 6.10 Å². The number of ether oxygens (including phenoxy) is 3. The molecule has 0 aromatic heterocycles. The molecule has 6 heteroatoms. The number of hydrogen-bond acceptors (Lipinski definition) is 6. The predicted octanol–water partition coefficient (Wildman–Crippen LogP) is 22.6. The minimum Gasteiger partial charge on any atom is -0.462 e. The molecule has 1 atom stereocenters. The molecule has 0 radical (unpaired) electrons. The van der Waals surface area contributed by atoms with Crippen LogP contribution in [0.15, 0.2) is 48.6 Å². The molecule has 438 valence electrons. The van der Waals surface area contributed by atoms with Crippen molar-refractivity contribution in [2.45, 2.75) is 361 Å². The molecular formula is C69H126O6. The summed E-state index contributed by atoms with van der Waals surface area (Å²) in [6.07, 6.45) is 79.7. The van der Waals surface area contributed by atoms with Gasteiger partial charge in [-0.3, -0.25) is 14.4 Å². The Morgan fingerprint density at radius 3 is 0.773 bits per heavy atom. The van der Waals surface area contributed by atoms with Crippen molar-refractivity contribution in [2.75, 3.05) is 13.2 Å². The van der Waals surface area contributed by atoms with E-state index in [2.05, 4.69) is 69.4 Å². The van der Waals surface area contributed by atoms with Crippen LogP contribution < -0.4 is 0 Å². The van der Waals surface area contributed by atoms with Gasteiger partial charge in [-0.25, -0.2) is 0 Å². The van der Waals surface area contributed by atoms with E-state index in [0.717, 1.165) is 64.2 Å². The lowest BCUT2D eigenvalue weighted by molar-refractivity contribution is -0.167. The Hall–Kier alpha value is -2.63. The first kappa shape index (κ1) is 72.4. The highest BCUT2D eigenvalue weighted by molar-refractivity contribution is 5.71. The quantitative estimate of drug-likeness (QED) is 0.0261. The van der Waals surface area contributed by atoms with Crippen molar-refractivity contribution < 1.29 is 28.6 Å². The molecule has 0 aliphatic carbocycles. The molecule has 0 saturated carbocycles. The van der Waals surface area contributed by atoms with Gasteiger partial charge >= 0.3 is 17.9 Å². The Morgan fingerprint density at radius 2 is 0.480 bits per heavy atom. The first-order valence-electron chi connectivity index (χ1n) is 33.1. The molecule has 0 aliphatic heterocycles. The van der Waals surface area contributed by atoms with Crippen molar-refractivity contribution in [1.82, 2.24) is 0 Å². The first-order valence-corrected chi connectivity index (χ1v) is 33.1. The minimum absolute atomic E-state index is 0.0736. The molecule has 0 unspecified atom stereocenters. The number of hydrogen-bond donors (Lipinski definition) is 0. The number of carbonyl (C=O) groups is 3. The van der Waals surface area contributed by atoms with Crippen molar-refractivity contribution >= 4 is 17.9 Å². The van der Waals surface area contributed by atoms with Gasteiger partial charge in [0.2, 0.25) is 0 Å². The summed E-state index contributed by atoms with van der Waals surface area (Å²) < 4.78 is 17.0. The Balaban J connectivity index is 4.35. The van der Waals surface area contributed by atoms with E-state index in [1.54, 1.807) is 0 Å². The van der Waals surface area contributed by atoms with Crippen LogP contribution in [0.2, 0.25) is 0 Å². The van der Waals surface area contributed by atoms with Crippen LogP contribution in [0, 0.1) is 0 Å². The SMILES string of the molecule is CCCCC/C=C\C/C=C\CCCCCCCCCCCC(=O)OC[C@@H](COC(=O)CCCCCCCCCCC/C=C\CCCCCCCC)OC(=O)CCCCCCCCCCC/C=C\CCCCCCCC. The lowest BCUT2D eigenvalue weighted by Crippen LogP contribution is -2.30. The highest BCUT2D eigenvalue weighted by atomic mass is 16.6. The summed E-state index contributed by atoms with van der Waals surface area (Å²) in [6, 6.07) is 0. The average molecular weight is 1050 g/mol. The van der Waals surface area contributed by atoms with Gasteiger partial charge in [0.05, 0.1) is 0 Å². The van der Waals surface area contributed by atoms with E-state index in [1.807, 2.05) is 0 Å². The summed E-state index contributed by atoms with van der Waals surface area (Å²) in [4.78, 5) is 38.4. The Bertz CT molecular complexity index is 1300. The molecule has 75 heavy (non-hydrogen) atoms. The molecule has 0 aliphatic rings. The molecule has 6 nitrogen and oxygen atoms in total. The van der Waals surface area contributed by atoms with E-state index in [1.165, 1.54) is 250 Å². The molecule has 0 fully saturated rings. The van der Waals surface area contributed by atoms with Gasteiger partial charge in [-0.05, 0) is 103 Å². The smallest absolute Gasteiger partial charge is 0.306 e. The van der Waals surface area contributed by atoms with Gasteiger partial charge in [-0.15, -0.1) is 0 Å². The van der Waals surface area contributed by atoms with Crippen LogP contribution in [0.1, 0.15) is 355 Å². The van der Waals surface area contributed by atoms with Gasteiger partial charge in [0.25, 0.3) is 0 Å². The Labute approximate surface area is 467 Å². The van der Waals surface area contributed by atoms with Gasteiger partial charge in [0, 0.05) is 19.3 Å². The highest BCUT2D eigenvalue weighted by Gasteiger charge is 2.19. The third kappa shape index (κ3) is 62.1. The van der Waals surface area contributed by atoms with Crippen LogP contribution in [-0.2, 0) is 28.6 Å². The van der Waals surface area contributed by atoms with Crippen molar-refractivity contribution in [3.8, 4) is 0 Å². The third-order valence-corrected chi connectivity index (χ3v) is 14.8. The van der Waals surface area contributed by atoms with E-state index in [0.29, 0.717) is 19.3 Å². The Kier molecular flexibility index (Phi) is 61.7. The number of unbranched alkanes of at least 4 members (excludes halogenated alkanes) is 42. The number of carbonyl (C=O) groups excluding carboxylic acids is 3. The summed E-state index contributed by atoms with van der Waals surface area (Å²) in [6.45, 7) is 6.66. The van der Waals surface area contributed by atoms with Crippen LogP contribution in [0.25, 0.3) is 0 Å². The average Bonchev–Trinajstić information content (AvgIpc) is 3.41. The van der Waals surface area contributed by atoms with Crippen LogP contribution in [0.4, 0.5) is 0 Å².